The number of fused-ring (bicyclic) bond motifs is 8. The Kier molecular flexibility index (Phi) is 16.6. The summed E-state index contributed by atoms with van der Waals surface area (Å²) in [7, 11) is 0. The molecule has 0 saturated carbocycles. The summed E-state index contributed by atoms with van der Waals surface area (Å²) in [4.78, 5) is 2.40. The van der Waals surface area contributed by atoms with Gasteiger partial charge in [-0.1, -0.05) is 144 Å². The Hall–Kier alpha value is -3.82. The Labute approximate surface area is 426 Å². The van der Waals surface area contributed by atoms with Crippen LogP contribution >= 0.6 is 46.2 Å². The minimum atomic E-state index is -0.115. The quantitative estimate of drug-likeness (QED) is 0.101. The molecule has 1 aliphatic carbocycles. The van der Waals surface area contributed by atoms with Crippen molar-refractivity contribution >= 4 is 46.2 Å². The van der Waals surface area contributed by atoms with Gasteiger partial charge in [0.05, 0.1) is 13.2 Å². The number of hydrogen-bond donors (Lipinski definition) is 0. The molecular formula is C60H76O4S4. The van der Waals surface area contributed by atoms with Crippen LogP contribution in [0.4, 0.5) is 0 Å². The molecule has 68 heavy (non-hydrogen) atoms. The molecule has 0 aliphatic heterocycles. The highest BCUT2D eigenvalue weighted by Crippen LogP contribution is 2.45. The first-order valence-corrected chi connectivity index (χ1v) is 28.9. The van der Waals surface area contributed by atoms with Crippen molar-refractivity contribution in [2.75, 3.05) is 37.2 Å². The number of hydrogen-bond acceptors (Lipinski definition) is 8. The summed E-state index contributed by atoms with van der Waals surface area (Å²) < 4.78 is 28.6. The Morgan fingerprint density at radius 1 is 0.397 bits per heavy atom. The van der Waals surface area contributed by atoms with Crippen LogP contribution in [0.15, 0.2) is 83.6 Å². The van der Waals surface area contributed by atoms with E-state index in [4.69, 9.17) is 18.9 Å². The van der Waals surface area contributed by atoms with Gasteiger partial charge in [-0.15, -0.1) is 22.7 Å². The van der Waals surface area contributed by atoms with E-state index in [1.54, 1.807) is 22.7 Å². The van der Waals surface area contributed by atoms with Gasteiger partial charge in [0.25, 0.3) is 0 Å². The van der Waals surface area contributed by atoms with Crippen molar-refractivity contribution < 1.29 is 18.9 Å². The molecule has 0 saturated heterocycles. The molecular weight excluding hydrogens is 913 g/mol. The van der Waals surface area contributed by atoms with Crippen LogP contribution in [0, 0.1) is 0 Å². The smallest absolute Gasteiger partial charge is 0.126 e. The van der Waals surface area contributed by atoms with E-state index in [1.165, 1.54) is 76.5 Å². The van der Waals surface area contributed by atoms with Gasteiger partial charge in [0, 0.05) is 46.9 Å². The van der Waals surface area contributed by atoms with Gasteiger partial charge >= 0.3 is 0 Å². The molecule has 364 valence electrons. The molecule has 0 unspecified atom stereocenters. The third kappa shape index (κ3) is 12.9. The third-order valence-electron chi connectivity index (χ3n) is 12.9. The predicted molar refractivity (Wildman–Crippen MR) is 297 cm³/mol. The van der Waals surface area contributed by atoms with Crippen molar-refractivity contribution in [3.05, 3.63) is 160 Å². The van der Waals surface area contributed by atoms with Gasteiger partial charge in [-0.25, -0.2) is 0 Å². The molecule has 8 heteroatoms. The molecule has 0 N–H and O–H groups in total. The molecule has 0 amide bonds. The fraction of sp³-hybridized carbons (Fsp3) is 0.467. The van der Waals surface area contributed by atoms with Crippen molar-refractivity contribution in [3.8, 4) is 23.0 Å². The standard InChI is InChI=1S/C60H76O4S4/c1-57(2,3)47-29-39-25-43-33-49(59(7,8)9)35-45(55(43)63-37-51-17-15-21-67-51)27-41-31-48(58(4,5)6)32-42(54(41)62-20-24-66-14)28-46-36-50(60(10,11)12)34-44(56(46)64-38-52-18-16-22-68-52)26-40(30-47)53(39)61-19-23-65-13/h15-18,21-22,29-36H,19-20,23-28,37-38H2,1-14H3. The summed E-state index contributed by atoms with van der Waals surface area (Å²) in [6.45, 7) is 30.2. The Bertz CT molecular complexity index is 2350. The normalized spacial score (nSPS) is 13.4. The van der Waals surface area contributed by atoms with Gasteiger partial charge in [-0.2, -0.15) is 23.5 Å². The molecule has 4 nitrogen and oxygen atoms in total. The number of rotatable bonds is 14. The molecule has 1 aliphatic rings. The van der Waals surface area contributed by atoms with Crippen LogP contribution in [0.25, 0.3) is 0 Å². The Morgan fingerprint density at radius 2 is 0.647 bits per heavy atom. The summed E-state index contributed by atoms with van der Waals surface area (Å²) >= 11 is 7.12. The van der Waals surface area contributed by atoms with Crippen LogP contribution in [-0.2, 0) is 60.6 Å². The van der Waals surface area contributed by atoms with Crippen molar-refractivity contribution in [1.82, 2.24) is 0 Å². The Morgan fingerprint density at radius 3 is 0.853 bits per heavy atom. The summed E-state index contributed by atoms with van der Waals surface area (Å²) in [6.07, 6.45) is 6.93. The Balaban J connectivity index is 1.61. The van der Waals surface area contributed by atoms with E-state index >= 15 is 0 Å². The lowest BCUT2D eigenvalue weighted by atomic mass is 9.79. The number of thiophene rings is 2. The van der Waals surface area contributed by atoms with Gasteiger partial charge in [0.2, 0.25) is 0 Å². The largest absolute Gasteiger partial charge is 0.492 e. The van der Waals surface area contributed by atoms with E-state index in [2.05, 4.69) is 179 Å². The van der Waals surface area contributed by atoms with Gasteiger partial charge in [-0.3, -0.25) is 0 Å². The van der Waals surface area contributed by atoms with Crippen LogP contribution in [0.5, 0.6) is 23.0 Å². The maximum Gasteiger partial charge on any atom is 0.126 e. The highest BCUT2D eigenvalue weighted by Gasteiger charge is 2.29. The maximum absolute atomic E-state index is 7.20. The predicted octanol–water partition coefficient (Wildman–Crippen LogP) is 16.3. The minimum absolute atomic E-state index is 0.115. The van der Waals surface area contributed by atoms with E-state index < -0.39 is 0 Å². The molecule has 0 spiro atoms. The van der Waals surface area contributed by atoms with Gasteiger partial charge < -0.3 is 18.9 Å². The van der Waals surface area contributed by atoms with Crippen LogP contribution in [0.1, 0.15) is 160 Å². The molecule has 7 rings (SSSR count). The summed E-state index contributed by atoms with van der Waals surface area (Å²) in [5.74, 6) is 5.65. The number of thioether (sulfide) groups is 2. The van der Waals surface area contributed by atoms with Crippen LogP contribution in [-0.4, -0.2) is 37.2 Å². The highest BCUT2D eigenvalue weighted by atomic mass is 32.2. The average molecular weight is 990 g/mol. The minimum Gasteiger partial charge on any atom is -0.492 e. The SMILES string of the molecule is CSCCOc1c2cc(C(C)(C)C)cc1Cc1cc(C(C)(C)C)cc(c1OCc1cccs1)Cc1cc(C(C)(C)C)cc(c1OCCSC)Cc1cc(C(C)(C)C)cc(c1OCc1cccs1)C2. The first-order chi connectivity index (χ1) is 32.1. The van der Waals surface area contributed by atoms with Crippen LogP contribution in [0.2, 0.25) is 0 Å². The van der Waals surface area contributed by atoms with Gasteiger partial charge in [0.1, 0.15) is 36.2 Å². The zero-order valence-electron chi connectivity index (χ0n) is 43.4. The first kappa shape index (κ1) is 52.0. The second-order valence-corrected chi connectivity index (χ2v) is 26.7. The number of benzene rings is 4. The van der Waals surface area contributed by atoms with Crippen molar-refractivity contribution in [2.45, 2.75) is 144 Å². The van der Waals surface area contributed by atoms with Crippen molar-refractivity contribution in [3.63, 3.8) is 0 Å². The first-order valence-electron chi connectivity index (χ1n) is 24.3. The topological polar surface area (TPSA) is 36.9 Å². The second kappa shape index (κ2) is 21.7. The summed E-state index contributed by atoms with van der Waals surface area (Å²) in [6, 6.07) is 28.0. The van der Waals surface area contributed by atoms with Crippen molar-refractivity contribution in [2.24, 2.45) is 0 Å². The van der Waals surface area contributed by atoms with E-state index in [9.17, 15) is 0 Å². The van der Waals surface area contributed by atoms with Crippen LogP contribution < -0.4 is 18.9 Å². The molecule has 8 bridgehead atoms. The third-order valence-corrected chi connectivity index (χ3v) is 15.8. The lowest BCUT2D eigenvalue weighted by molar-refractivity contribution is 0.302. The van der Waals surface area contributed by atoms with E-state index in [0.717, 1.165) is 34.5 Å². The van der Waals surface area contributed by atoms with E-state index in [-0.39, 0.29) is 21.7 Å². The van der Waals surface area contributed by atoms with E-state index in [1.807, 2.05) is 23.5 Å². The van der Waals surface area contributed by atoms with Gasteiger partial charge in [0.15, 0.2) is 0 Å². The molecule has 2 heterocycles. The maximum atomic E-state index is 7.20. The van der Waals surface area contributed by atoms with E-state index in [0.29, 0.717) is 52.1 Å². The molecule has 0 radical (unpaired) electrons. The summed E-state index contributed by atoms with van der Waals surface area (Å²) in [5, 5.41) is 4.28. The van der Waals surface area contributed by atoms with Crippen molar-refractivity contribution in [1.29, 1.82) is 0 Å². The zero-order valence-corrected chi connectivity index (χ0v) is 46.7. The average Bonchev–Trinajstić information content (AvgIpc) is 3.98. The highest BCUT2D eigenvalue weighted by molar-refractivity contribution is 7.98. The van der Waals surface area contributed by atoms with Gasteiger partial charge in [-0.05, 0) is 124 Å². The monoisotopic (exact) mass is 988 g/mol. The molecule has 0 fully saturated rings. The fourth-order valence-electron chi connectivity index (χ4n) is 8.89. The lowest BCUT2D eigenvalue weighted by Gasteiger charge is -2.29. The number of ether oxygens (including phenoxy) is 4. The second-order valence-electron chi connectivity index (χ2n) is 22.6. The lowest BCUT2D eigenvalue weighted by Crippen LogP contribution is -2.18. The molecule has 0 atom stereocenters. The summed E-state index contributed by atoms with van der Waals surface area (Å²) in [5.41, 5.74) is 14.2. The zero-order chi connectivity index (χ0) is 49.0. The molecule has 6 aromatic rings. The molecule has 4 aromatic carbocycles. The molecule has 2 aromatic heterocycles. The van der Waals surface area contributed by atoms with Crippen LogP contribution in [0.3, 0.4) is 0 Å². The fourth-order valence-corrected chi connectivity index (χ4v) is 10.6.